The number of rotatable bonds is 3. The number of nitrogens with zero attached hydrogens (tertiary/aromatic N) is 5. The quantitative estimate of drug-likeness (QED) is 0.887. The molecule has 1 aromatic carbocycles. The van der Waals surface area contributed by atoms with E-state index in [0.29, 0.717) is 18.3 Å². The molecule has 2 N–H and O–H groups in total. The van der Waals surface area contributed by atoms with Gasteiger partial charge in [-0.3, -0.25) is 4.79 Å². The van der Waals surface area contributed by atoms with E-state index in [9.17, 15) is 4.79 Å². The highest BCUT2D eigenvalue weighted by Crippen LogP contribution is 2.37. The van der Waals surface area contributed by atoms with E-state index in [1.54, 1.807) is 11.0 Å². The van der Waals surface area contributed by atoms with Crippen LogP contribution in [0, 0.1) is 11.8 Å². The second-order valence-electron chi connectivity index (χ2n) is 6.56. The van der Waals surface area contributed by atoms with Crippen molar-refractivity contribution in [3.8, 4) is 5.69 Å². The smallest absolute Gasteiger partial charge is 0.227 e. The Bertz CT molecular complexity index is 689. The van der Waals surface area contributed by atoms with Crippen LogP contribution >= 0.6 is 12.4 Å². The second kappa shape index (κ2) is 6.86. The van der Waals surface area contributed by atoms with Gasteiger partial charge in [0.15, 0.2) is 0 Å². The molecule has 2 fully saturated rings. The molecule has 1 aromatic heterocycles. The molecule has 2 aliphatic rings. The van der Waals surface area contributed by atoms with Crippen LogP contribution in [0.2, 0.25) is 0 Å². The summed E-state index contributed by atoms with van der Waals surface area (Å²) in [5.41, 5.74) is 8.03. The van der Waals surface area contributed by atoms with Gasteiger partial charge in [0.1, 0.15) is 6.33 Å². The Hall–Kier alpha value is -1.99. The number of hydrogen-bond acceptors (Lipinski definition) is 5. The summed E-state index contributed by atoms with van der Waals surface area (Å²) >= 11 is 0. The third-order valence-corrected chi connectivity index (χ3v) is 5.17. The minimum absolute atomic E-state index is 0. The summed E-state index contributed by atoms with van der Waals surface area (Å²) in [6.07, 6.45) is 4.25. The van der Waals surface area contributed by atoms with E-state index in [1.165, 1.54) is 0 Å². The predicted molar refractivity (Wildman–Crippen MR) is 90.9 cm³/mol. The van der Waals surface area contributed by atoms with Gasteiger partial charge in [-0.25, -0.2) is 4.68 Å². The number of carbonyl (C=O) groups excluding carboxylic acids is 1. The fraction of sp³-hybridized carbons (Fsp3) is 0.500. The highest BCUT2D eigenvalue weighted by Gasteiger charge is 2.42. The van der Waals surface area contributed by atoms with E-state index < -0.39 is 0 Å². The molecular weight excluding hydrogens is 328 g/mol. The van der Waals surface area contributed by atoms with E-state index in [4.69, 9.17) is 5.73 Å². The highest BCUT2D eigenvalue weighted by molar-refractivity contribution is 5.85. The molecule has 0 bridgehead atoms. The molecule has 0 spiro atoms. The van der Waals surface area contributed by atoms with Crippen molar-refractivity contribution in [3.05, 3.63) is 36.2 Å². The Morgan fingerprint density at radius 1 is 1.21 bits per heavy atom. The number of likely N-dealkylation sites (tertiary alicyclic amines) is 1. The van der Waals surface area contributed by atoms with E-state index in [-0.39, 0.29) is 24.4 Å². The lowest BCUT2D eigenvalue weighted by Crippen LogP contribution is -2.34. The third kappa shape index (κ3) is 3.14. The van der Waals surface area contributed by atoms with Gasteiger partial charge in [-0.2, -0.15) is 0 Å². The Labute approximate surface area is 146 Å². The molecule has 4 rings (SSSR count). The molecule has 1 amide bonds. The summed E-state index contributed by atoms with van der Waals surface area (Å²) in [4.78, 5) is 14.5. The normalized spacial score (nSPS) is 25.4. The third-order valence-electron chi connectivity index (χ3n) is 5.17. The standard InChI is InChI=1S/C16H20N6O.ClH/c17-15-6-3-12-8-21(9-14(12)15)16(23)7-11-1-4-13(5-2-11)22-10-18-19-20-22;/h1-2,4-5,10,12,14-15H,3,6-9,17H2;1H. The van der Waals surface area contributed by atoms with E-state index in [1.807, 2.05) is 29.2 Å². The Morgan fingerprint density at radius 2 is 2.00 bits per heavy atom. The topological polar surface area (TPSA) is 89.9 Å². The number of tetrazole rings is 1. The molecule has 1 saturated heterocycles. The second-order valence-corrected chi connectivity index (χ2v) is 6.56. The number of amides is 1. The molecular formula is C16H21ClN6O. The van der Waals surface area contributed by atoms with Crippen molar-refractivity contribution in [2.75, 3.05) is 13.1 Å². The van der Waals surface area contributed by atoms with Crippen molar-refractivity contribution in [3.63, 3.8) is 0 Å². The van der Waals surface area contributed by atoms with Crippen LogP contribution < -0.4 is 5.73 Å². The van der Waals surface area contributed by atoms with Crippen molar-refractivity contribution in [2.45, 2.75) is 25.3 Å². The SMILES string of the molecule is Cl.NC1CCC2CN(C(=O)Cc3ccc(-n4cnnn4)cc3)CC12. The van der Waals surface area contributed by atoms with Gasteiger partial charge in [0.05, 0.1) is 12.1 Å². The predicted octanol–water partition coefficient (Wildman–Crippen LogP) is 0.822. The van der Waals surface area contributed by atoms with Gasteiger partial charge in [0.25, 0.3) is 0 Å². The molecule has 2 aromatic rings. The molecule has 3 unspecified atom stereocenters. The molecule has 24 heavy (non-hydrogen) atoms. The van der Waals surface area contributed by atoms with Gasteiger partial charge in [0.2, 0.25) is 5.91 Å². The first-order valence-electron chi connectivity index (χ1n) is 8.06. The van der Waals surface area contributed by atoms with Gasteiger partial charge in [0, 0.05) is 19.1 Å². The first kappa shape index (κ1) is 16.9. The average Bonchev–Trinajstić information content (AvgIpc) is 3.27. The summed E-state index contributed by atoms with van der Waals surface area (Å²) in [5, 5.41) is 11.1. The van der Waals surface area contributed by atoms with Crippen LogP contribution in [0.25, 0.3) is 5.69 Å². The van der Waals surface area contributed by atoms with E-state index in [2.05, 4.69) is 15.5 Å². The van der Waals surface area contributed by atoms with Crippen LogP contribution in [0.1, 0.15) is 18.4 Å². The van der Waals surface area contributed by atoms with Crippen molar-refractivity contribution < 1.29 is 4.79 Å². The van der Waals surface area contributed by atoms with Crippen molar-refractivity contribution >= 4 is 18.3 Å². The molecule has 8 heteroatoms. The lowest BCUT2D eigenvalue weighted by molar-refractivity contribution is -0.129. The summed E-state index contributed by atoms with van der Waals surface area (Å²) in [6, 6.07) is 8.03. The molecule has 128 valence electrons. The molecule has 1 aliphatic carbocycles. The van der Waals surface area contributed by atoms with E-state index in [0.717, 1.165) is 37.2 Å². The lowest BCUT2D eigenvalue weighted by atomic mass is 9.98. The lowest BCUT2D eigenvalue weighted by Gasteiger charge is -2.19. The number of halogens is 1. The van der Waals surface area contributed by atoms with Crippen LogP contribution in [0.15, 0.2) is 30.6 Å². The first-order chi connectivity index (χ1) is 11.2. The number of carbonyl (C=O) groups is 1. The van der Waals surface area contributed by atoms with Gasteiger partial charge >= 0.3 is 0 Å². The fourth-order valence-corrected chi connectivity index (χ4v) is 3.84. The zero-order valence-electron chi connectivity index (χ0n) is 13.3. The van der Waals surface area contributed by atoms with Crippen molar-refractivity contribution in [2.24, 2.45) is 17.6 Å². The zero-order valence-corrected chi connectivity index (χ0v) is 14.1. The van der Waals surface area contributed by atoms with Gasteiger partial charge in [-0.05, 0) is 52.8 Å². The monoisotopic (exact) mass is 348 g/mol. The minimum atomic E-state index is 0. The van der Waals surface area contributed by atoms with Crippen LogP contribution in [0.3, 0.4) is 0 Å². The van der Waals surface area contributed by atoms with Crippen LogP contribution in [-0.2, 0) is 11.2 Å². The van der Waals surface area contributed by atoms with Crippen molar-refractivity contribution in [1.82, 2.24) is 25.1 Å². The number of benzene rings is 1. The zero-order chi connectivity index (χ0) is 15.8. The maximum Gasteiger partial charge on any atom is 0.227 e. The molecule has 0 radical (unpaired) electrons. The maximum absolute atomic E-state index is 12.5. The fourth-order valence-electron chi connectivity index (χ4n) is 3.84. The van der Waals surface area contributed by atoms with Gasteiger partial charge in [-0.15, -0.1) is 17.5 Å². The summed E-state index contributed by atoms with van der Waals surface area (Å²) < 4.78 is 1.59. The van der Waals surface area contributed by atoms with Gasteiger partial charge < -0.3 is 10.6 Å². The summed E-state index contributed by atoms with van der Waals surface area (Å²) in [7, 11) is 0. The highest BCUT2D eigenvalue weighted by atomic mass is 35.5. The number of hydrogen-bond donors (Lipinski definition) is 1. The van der Waals surface area contributed by atoms with E-state index >= 15 is 0 Å². The average molecular weight is 349 g/mol. The number of fused-ring (bicyclic) bond motifs is 1. The molecule has 7 nitrogen and oxygen atoms in total. The molecule has 2 heterocycles. The largest absolute Gasteiger partial charge is 0.342 e. The summed E-state index contributed by atoms with van der Waals surface area (Å²) in [6.45, 7) is 1.70. The van der Waals surface area contributed by atoms with Crippen LogP contribution in [0.5, 0.6) is 0 Å². The molecule has 1 aliphatic heterocycles. The van der Waals surface area contributed by atoms with Gasteiger partial charge in [-0.1, -0.05) is 12.1 Å². The van der Waals surface area contributed by atoms with Crippen LogP contribution in [-0.4, -0.2) is 50.1 Å². The van der Waals surface area contributed by atoms with Crippen LogP contribution in [0.4, 0.5) is 0 Å². The Kier molecular flexibility index (Phi) is 4.82. The first-order valence-corrected chi connectivity index (χ1v) is 8.06. The minimum Gasteiger partial charge on any atom is -0.342 e. The Balaban J connectivity index is 0.00000169. The molecule has 3 atom stereocenters. The number of aromatic nitrogens is 4. The van der Waals surface area contributed by atoms with Crippen molar-refractivity contribution in [1.29, 1.82) is 0 Å². The number of nitrogens with two attached hydrogens (primary N) is 1. The summed E-state index contributed by atoms with van der Waals surface area (Å²) in [5.74, 6) is 1.30. The molecule has 1 saturated carbocycles. The Morgan fingerprint density at radius 3 is 2.67 bits per heavy atom. The maximum atomic E-state index is 12.5.